The van der Waals surface area contributed by atoms with Crippen molar-refractivity contribution in [1.29, 1.82) is 0 Å². The molecule has 1 aromatic heterocycles. The number of carbonyl (C=O) groups excluding carboxylic acids is 1. The van der Waals surface area contributed by atoms with Crippen molar-refractivity contribution in [2.45, 2.75) is 27.3 Å². The van der Waals surface area contributed by atoms with Gasteiger partial charge >= 0.3 is 0 Å². The molecule has 2 heterocycles. The Labute approximate surface area is 155 Å². The third kappa shape index (κ3) is 4.31. The maximum Gasteiger partial charge on any atom is 0.227 e. The summed E-state index contributed by atoms with van der Waals surface area (Å²) < 4.78 is 0. The fourth-order valence-corrected chi connectivity index (χ4v) is 3.22. The average molecular weight is 353 g/mol. The summed E-state index contributed by atoms with van der Waals surface area (Å²) in [4.78, 5) is 27.3. The van der Waals surface area contributed by atoms with Crippen molar-refractivity contribution in [3.8, 4) is 0 Å². The van der Waals surface area contributed by atoms with E-state index in [1.807, 2.05) is 24.0 Å². The summed E-state index contributed by atoms with van der Waals surface area (Å²) in [5.74, 6) is 1.85. The van der Waals surface area contributed by atoms with E-state index in [1.165, 1.54) is 5.56 Å². The number of aryl methyl sites for hydroxylation is 1. The van der Waals surface area contributed by atoms with E-state index < -0.39 is 0 Å². The normalized spacial score (nSPS) is 14.4. The van der Waals surface area contributed by atoms with Gasteiger partial charge in [-0.25, -0.2) is 4.98 Å². The molecule has 1 amide bonds. The molecule has 0 bridgehead atoms. The molecule has 1 fully saturated rings. The lowest BCUT2D eigenvalue weighted by Crippen LogP contribution is -2.48. The number of anilines is 2. The summed E-state index contributed by atoms with van der Waals surface area (Å²) in [6.07, 6.45) is 0. The topological polar surface area (TPSA) is 52.6 Å². The highest BCUT2D eigenvalue weighted by atomic mass is 16.2. The van der Waals surface area contributed by atoms with Gasteiger partial charge in [-0.2, -0.15) is 4.98 Å². The first-order valence-corrected chi connectivity index (χ1v) is 9.22. The maximum absolute atomic E-state index is 11.5. The number of nitrogens with zero attached hydrogens (tertiary/aromatic N) is 5. The van der Waals surface area contributed by atoms with Crippen LogP contribution in [-0.2, 0) is 11.3 Å². The minimum Gasteiger partial charge on any atom is -0.352 e. The number of hydrogen-bond donors (Lipinski definition) is 0. The minimum atomic E-state index is 0.135. The molecule has 1 aliphatic heterocycles. The van der Waals surface area contributed by atoms with Gasteiger partial charge in [-0.3, -0.25) is 4.79 Å². The summed E-state index contributed by atoms with van der Waals surface area (Å²) in [7, 11) is 0. The molecule has 0 saturated carbocycles. The van der Waals surface area contributed by atoms with Gasteiger partial charge < -0.3 is 14.7 Å². The average Bonchev–Trinajstić information content (AvgIpc) is 2.66. The smallest absolute Gasteiger partial charge is 0.227 e. The van der Waals surface area contributed by atoms with Crippen molar-refractivity contribution in [2.75, 3.05) is 42.5 Å². The van der Waals surface area contributed by atoms with Gasteiger partial charge in [0.15, 0.2) is 0 Å². The number of benzene rings is 1. The van der Waals surface area contributed by atoms with Crippen LogP contribution in [0.25, 0.3) is 0 Å². The van der Waals surface area contributed by atoms with Gasteiger partial charge in [0.05, 0.1) is 0 Å². The van der Waals surface area contributed by atoms with Crippen LogP contribution < -0.4 is 9.80 Å². The number of piperazine rings is 1. The van der Waals surface area contributed by atoms with Crippen molar-refractivity contribution >= 4 is 17.7 Å². The molecule has 138 valence electrons. The third-order valence-corrected chi connectivity index (χ3v) is 4.76. The van der Waals surface area contributed by atoms with E-state index in [-0.39, 0.29) is 5.91 Å². The molecule has 1 aromatic carbocycles. The monoisotopic (exact) mass is 353 g/mol. The van der Waals surface area contributed by atoms with Crippen LogP contribution in [0.3, 0.4) is 0 Å². The van der Waals surface area contributed by atoms with Gasteiger partial charge in [-0.1, -0.05) is 30.3 Å². The molecular weight excluding hydrogens is 326 g/mol. The number of carbonyl (C=O) groups is 1. The quantitative estimate of drug-likeness (QED) is 0.827. The Hall–Kier alpha value is -2.63. The molecular formula is C20H27N5O. The molecule has 3 rings (SSSR count). The predicted molar refractivity (Wildman–Crippen MR) is 104 cm³/mol. The highest BCUT2D eigenvalue weighted by Crippen LogP contribution is 2.20. The van der Waals surface area contributed by atoms with Crippen LogP contribution in [0.15, 0.2) is 36.4 Å². The fourth-order valence-electron chi connectivity index (χ4n) is 3.22. The summed E-state index contributed by atoms with van der Waals surface area (Å²) in [6, 6.07) is 12.5. The van der Waals surface area contributed by atoms with Crippen LogP contribution in [0.2, 0.25) is 0 Å². The molecule has 0 atom stereocenters. The van der Waals surface area contributed by atoms with Crippen LogP contribution in [-0.4, -0.2) is 53.5 Å². The Morgan fingerprint density at radius 3 is 2.42 bits per heavy atom. The lowest BCUT2D eigenvalue weighted by molar-refractivity contribution is -0.129. The van der Waals surface area contributed by atoms with E-state index in [0.29, 0.717) is 0 Å². The lowest BCUT2D eigenvalue weighted by Gasteiger charge is -2.34. The first-order valence-electron chi connectivity index (χ1n) is 9.22. The van der Waals surface area contributed by atoms with Gasteiger partial charge in [0.2, 0.25) is 11.9 Å². The van der Waals surface area contributed by atoms with Crippen LogP contribution in [0, 0.1) is 6.92 Å². The molecule has 26 heavy (non-hydrogen) atoms. The summed E-state index contributed by atoms with van der Waals surface area (Å²) >= 11 is 0. The van der Waals surface area contributed by atoms with Gasteiger partial charge in [0, 0.05) is 58.0 Å². The Kier molecular flexibility index (Phi) is 5.71. The Morgan fingerprint density at radius 1 is 1.12 bits per heavy atom. The van der Waals surface area contributed by atoms with E-state index in [9.17, 15) is 4.79 Å². The van der Waals surface area contributed by atoms with Gasteiger partial charge in [0.1, 0.15) is 5.82 Å². The zero-order chi connectivity index (χ0) is 18.5. The van der Waals surface area contributed by atoms with Crippen LogP contribution in [0.5, 0.6) is 0 Å². The standard InChI is InChI=1S/C20H27N5O/c1-4-23(15-18-8-6-5-7-9-18)19-14-16(2)21-20(22-19)25-12-10-24(11-13-25)17(3)26/h5-9,14H,4,10-13,15H2,1-3H3. The molecule has 1 saturated heterocycles. The van der Waals surface area contributed by atoms with E-state index >= 15 is 0 Å². The summed E-state index contributed by atoms with van der Waals surface area (Å²) in [5.41, 5.74) is 2.23. The van der Waals surface area contributed by atoms with Crippen LogP contribution in [0.4, 0.5) is 11.8 Å². The minimum absolute atomic E-state index is 0.135. The third-order valence-electron chi connectivity index (χ3n) is 4.76. The second-order valence-corrected chi connectivity index (χ2v) is 6.66. The second kappa shape index (κ2) is 8.17. The molecule has 0 spiro atoms. The SMILES string of the molecule is CCN(Cc1ccccc1)c1cc(C)nc(N2CCN(C(C)=O)CC2)n1. The first kappa shape index (κ1) is 18.2. The van der Waals surface area contributed by atoms with Crippen molar-refractivity contribution in [3.05, 3.63) is 47.7 Å². The molecule has 2 aromatic rings. The highest BCUT2D eigenvalue weighted by Gasteiger charge is 2.21. The highest BCUT2D eigenvalue weighted by molar-refractivity contribution is 5.73. The van der Waals surface area contributed by atoms with E-state index in [2.05, 4.69) is 46.0 Å². The van der Waals surface area contributed by atoms with Crippen LogP contribution >= 0.6 is 0 Å². The predicted octanol–water partition coefficient (Wildman–Crippen LogP) is 2.48. The number of rotatable bonds is 5. The molecule has 6 heteroatoms. The molecule has 0 radical (unpaired) electrons. The van der Waals surface area contributed by atoms with Gasteiger partial charge in [-0.15, -0.1) is 0 Å². The van der Waals surface area contributed by atoms with E-state index in [4.69, 9.17) is 4.98 Å². The molecule has 0 N–H and O–H groups in total. The van der Waals surface area contributed by atoms with Crippen LogP contribution in [0.1, 0.15) is 25.1 Å². The molecule has 0 aliphatic carbocycles. The molecule has 6 nitrogen and oxygen atoms in total. The van der Waals surface area contributed by atoms with Crippen molar-refractivity contribution in [3.63, 3.8) is 0 Å². The molecule has 0 unspecified atom stereocenters. The Balaban J connectivity index is 1.77. The van der Waals surface area contributed by atoms with Gasteiger partial charge in [0.25, 0.3) is 0 Å². The number of amides is 1. The first-order chi connectivity index (χ1) is 12.6. The van der Waals surface area contributed by atoms with E-state index in [1.54, 1.807) is 6.92 Å². The van der Waals surface area contributed by atoms with Crippen molar-refractivity contribution < 1.29 is 4.79 Å². The lowest BCUT2D eigenvalue weighted by atomic mass is 10.2. The molecule has 1 aliphatic rings. The van der Waals surface area contributed by atoms with Crippen molar-refractivity contribution in [2.24, 2.45) is 0 Å². The zero-order valence-corrected chi connectivity index (χ0v) is 15.9. The fraction of sp³-hybridized carbons (Fsp3) is 0.450. The Morgan fingerprint density at radius 2 is 1.81 bits per heavy atom. The Bertz CT molecular complexity index is 741. The number of aromatic nitrogens is 2. The number of hydrogen-bond acceptors (Lipinski definition) is 5. The zero-order valence-electron chi connectivity index (χ0n) is 15.9. The van der Waals surface area contributed by atoms with Crippen molar-refractivity contribution in [1.82, 2.24) is 14.9 Å². The summed E-state index contributed by atoms with van der Waals surface area (Å²) in [5, 5.41) is 0. The second-order valence-electron chi connectivity index (χ2n) is 6.66. The maximum atomic E-state index is 11.5. The van der Waals surface area contributed by atoms with E-state index in [0.717, 1.165) is 56.7 Å². The largest absolute Gasteiger partial charge is 0.352 e. The van der Waals surface area contributed by atoms with Gasteiger partial charge in [-0.05, 0) is 19.4 Å². The summed E-state index contributed by atoms with van der Waals surface area (Å²) in [6.45, 7) is 10.5.